The first-order valence-electron chi connectivity index (χ1n) is 10.8. The number of fused-ring (bicyclic) bond motifs is 1. The van der Waals surface area contributed by atoms with Crippen molar-refractivity contribution in [3.8, 4) is 17.6 Å². The summed E-state index contributed by atoms with van der Waals surface area (Å²) in [6.07, 6.45) is 3.02. The average molecular weight is 427 g/mol. The Hall–Kier alpha value is -3.78. The molecule has 0 aliphatic carbocycles. The molecule has 0 radical (unpaired) electrons. The predicted molar refractivity (Wildman–Crippen MR) is 125 cm³/mol. The second-order valence-electron chi connectivity index (χ2n) is 7.58. The van der Waals surface area contributed by atoms with Gasteiger partial charge in [0.05, 0.1) is 7.11 Å². The molecule has 0 fully saturated rings. The summed E-state index contributed by atoms with van der Waals surface area (Å²) in [5, 5.41) is 0. The number of hydrogen-bond acceptors (Lipinski definition) is 5. The number of anilines is 1. The van der Waals surface area contributed by atoms with Crippen LogP contribution in [-0.2, 0) is 17.8 Å². The summed E-state index contributed by atoms with van der Waals surface area (Å²) in [5.74, 6) is 6.12. The molecule has 1 aliphatic rings. The third kappa shape index (κ3) is 5.28. The van der Waals surface area contributed by atoms with E-state index in [1.54, 1.807) is 12.1 Å². The summed E-state index contributed by atoms with van der Waals surface area (Å²) < 4.78 is 10.7. The van der Waals surface area contributed by atoms with Crippen molar-refractivity contribution < 1.29 is 14.3 Å². The molecule has 0 bridgehead atoms. The Morgan fingerprint density at radius 2 is 1.88 bits per heavy atom. The minimum Gasteiger partial charge on any atom is -0.486 e. The van der Waals surface area contributed by atoms with Gasteiger partial charge in [-0.1, -0.05) is 54.5 Å². The lowest BCUT2D eigenvalue weighted by atomic mass is 10.0. The van der Waals surface area contributed by atoms with Crippen LogP contribution in [0.3, 0.4) is 0 Å². The van der Waals surface area contributed by atoms with E-state index in [0.29, 0.717) is 18.1 Å². The quantitative estimate of drug-likeness (QED) is 0.425. The smallest absolute Gasteiger partial charge is 0.360 e. The number of para-hydroxylation sites is 1. The van der Waals surface area contributed by atoms with Gasteiger partial charge in [0.2, 0.25) is 0 Å². The van der Waals surface area contributed by atoms with Crippen LogP contribution in [0.1, 0.15) is 40.2 Å². The van der Waals surface area contributed by atoms with Crippen LogP contribution >= 0.6 is 0 Å². The van der Waals surface area contributed by atoms with Crippen molar-refractivity contribution >= 4 is 11.7 Å². The fourth-order valence-electron chi connectivity index (χ4n) is 3.80. The largest absolute Gasteiger partial charge is 0.486 e. The van der Waals surface area contributed by atoms with Crippen molar-refractivity contribution in [2.75, 3.05) is 25.1 Å². The summed E-state index contributed by atoms with van der Waals surface area (Å²) in [6, 6.07) is 21.8. The molecule has 1 aliphatic heterocycles. The van der Waals surface area contributed by atoms with Gasteiger partial charge in [-0.25, -0.2) is 9.78 Å². The number of aryl methyl sites for hydroxylation is 1. The van der Waals surface area contributed by atoms with Crippen LogP contribution in [0.15, 0.2) is 66.7 Å². The lowest BCUT2D eigenvalue weighted by molar-refractivity contribution is 0.0588. The van der Waals surface area contributed by atoms with Gasteiger partial charge in [0.1, 0.15) is 12.3 Å². The summed E-state index contributed by atoms with van der Waals surface area (Å²) in [7, 11) is 1.33. The van der Waals surface area contributed by atoms with Crippen molar-refractivity contribution in [3.05, 3.63) is 89.2 Å². The van der Waals surface area contributed by atoms with Crippen LogP contribution in [-0.4, -0.2) is 31.2 Å². The van der Waals surface area contributed by atoms with Gasteiger partial charge in [-0.15, -0.1) is 0 Å². The number of aromatic nitrogens is 1. The van der Waals surface area contributed by atoms with E-state index in [0.717, 1.165) is 31.5 Å². The first-order valence-corrected chi connectivity index (χ1v) is 10.8. The van der Waals surface area contributed by atoms with Gasteiger partial charge < -0.3 is 14.4 Å². The van der Waals surface area contributed by atoms with E-state index < -0.39 is 5.97 Å². The number of pyridine rings is 1. The van der Waals surface area contributed by atoms with Gasteiger partial charge >= 0.3 is 5.97 Å². The zero-order chi connectivity index (χ0) is 22.2. The zero-order valence-corrected chi connectivity index (χ0v) is 18.2. The second-order valence-corrected chi connectivity index (χ2v) is 7.58. The number of esters is 1. The molecule has 0 amide bonds. The van der Waals surface area contributed by atoms with E-state index in [2.05, 4.69) is 46.0 Å². The molecule has 0 atom stereocenters. The Morgan fingerprint density at radius 3 is 2.72 bits per heavy atom. The zero-order valence-electron chi connectivity index (χ0n) is 18.2. The number of carbonyl (C=O) groups is 1. The number of benzene rings is 2. The molecule has 162 valence electrons. The summed E-state index contributed by atoms with van der Waals surface area (Å²) >= 11 is 0. The number of rotatable bonds is 6. The fourth-order valence-corrected chi connectivity index (χ4v) is 3.80. The molecule has 0 N–H and O–H groups in total. The molecule has 32 heavy (non-hydrogen) atoms. The standard InChI is InChI=1S/C27H26N2O3/c1-31-27(30)26-25(32-20-21-10-3-2-4-11-21)17-16-23(28-26)14-7-8-18-29-19-9-13-22-12-5-6-15-24(22)29/h2-6,10-12,15-17H,8-9,13,18-20H2,1H3. The molecular weight excluding hydrogens is 400 g/mol. The monoisotopic (exact) mass is 426 g/mol. The molecular formula is C27H26N2O3. The van der Waals surface area contributed by atoms with Gasteiger partial charge in [-0.3, -0.25) is 0 Å². The average Bonchev–Trinajstić information content (AvgIpc) is 2.86. The van der Waals surface area contributed by atoms with Crippen molar-refractivity contribution in [2.24, 2.45) is 0 Å². The number of hydrogen-bond donors (Lipinski definition) is 0. The molecule has 2 heterocycles. The van der Waals surface area contributed by atoms with E-state index in [-0.39, 0.29) is 5.69 Å². The van der Waals surface area contributed by atoms with E-state index >= 15 is 0 Å². The Labute approximate surface area is 189 Å². The van der Waals surface area contributed by atoms with Crippen molar-refractivity contribution in [1.29, 1.82) is 0 Å². The molecule has 5 nitrogen and oxygen atoms in total. The lowest BCUT2D eigenvalue weighted by Crippen LogP contribution is -2.30. The molecule has 4 rings (SSSR count). The highest BCUT2D eigenvalue weighted by Crippen LogP contribution is 2.26. The van der Waals surface area contributed by atoms with E-state index in [1.807, 2.05) is 30.3 Å². The Balaban J connectivity index is 1.42. The summed E-state index contributed by atoms with van der Waals surface area (Å²) in [6.45, 7) is 2.26. The maximum atomic E-state index is 12.2. The van der Waals surface area contributed by atoms with Crippen LogP contribution < -0.4 is 9.64 Å². The van der Waals surface area contributed by atoms with E-state index in [9.17, 15) is 4.79 Å². The number of ether oxygens (including phenoxy) is 2. The maximum Gasteiger partial charge on any atom is 0.360 e. The molecule has 1 aromatic heterocycles. The minimum atomic E-state index is -0.540. The van der Waals surface area contributed by atoms with E-state index in [1.165, 1.54) is 24.8 Å². The van der Waals surface area contributed by atoms with Crippen LogP contribution in [0.4, 0.5) is 5.69 Å². The Morgan fingerprint density at radius 1 is 1.06 bits per heavy atom. The first-order chi connectivity index (χ1) is 15.7. The predicted octanol–water partition coefficient (Wildman–Crippen LogP) is 4.64. The summed E-state index contributed by atoms with van der Waals surface area (Å²) in [5.41, 5.74) is 4.39. The van der Waals surface area contributed by atoms with Crippen molar-refractivity contribution in [3.63, 3.8) is 0 Å². The second kappa shape index (κ2) is 10.5. The number of methoxy groups -OCH3 is 1. The van der Waals surface area contributed by atoms with Crippen LogP contribution in [0.5, 0.6) is 5.75 Å². The molecule has 2 aromatic carbocycles. The van der Waals surface area contributed by atoms with Crippen molar-refractivity contribution in [2.45, 2.75) is 25.9 Å². The van der Waals surface area contributed by atoms with Gasteiger partial charge in [0.15, 0.2) is 11.4 Å². The van der Waals surface area contributed by atoms with Crippen LogP contribution in [0.25, 0.3) is 0 Å². The highest BCUT2D eigenvalue weighted by molar-refractivity contribution is 5.90. The topological polar surface area (TPSA) is 51.7 Å². The normalized spacial score (nSPS) is 12.3. The Kier molecular flexibility index (Phi) is 7.04. The number of carbonyl (C=O) groups excluding carboxylic acids is 1. The van der Waals surface area contributed by atoms with E-state index in [4.69, 9.17) is 9.47 Å². The molecule has 0 saturated carbocycles. The summed E-state index contributed by atoms with van der Waals surface area (Å²) in [4.78, 5) is 19.0. The SMILES string of the molecule is COC(=O)c1nc(C#CCCN2CCCc3ccccc32)ccc1OCc1ccccc1. The van der Waals surface area contributed by atoms with Gasteiger partial charge in [-0.2, -0.15) is 0 Å². The third-order valence-electron chi connectivity index (χ3n) is 5.40. The molecule has 0 saturated heterocycles. The van der Waals surface area contributed by atoms with Gasteiger partial charge in [-0.05, 0) is 48.1 Å². The maximum absolute atomic E-state index is 12.2. The van der Waals surface area contributed by atoms with Crippen molar-refractivity contribution in [1.82, 2.24) is 4.98 Å². The minimum absolute atomic E-state index is 0.139. The highest BCUT2D eigenvalue weighted by Gasteiger charge is 2.17. The van der Waals surface area contributed by atoms with Gasteiger partial charge in [0, 0.05) is 25.2 Å². The lowest BCUT2D eigenvalue weighted by Gasteiger charge is -2.30. The highest BCUT2D eigenvalue weighted by atomic mass is 16.5. The Bertz CT molecular complexity index is 1130. The molecule has 3 aromatic rings. The van der Waals surface area contributed by atoms with Crippen LogP contribution in [0.2, 0.25) is 0 Å². The third-order valence-corrected chi connectivity index (χ3v) is 5.40. The van der Waals surface area contributed by atoms with Crippen LogP contribution in [0, 0.1) is 11.8 Å². The first kappa shape index (κ1) is 21.5. The molecule has 0 unspecified atom stereocenters. The number of nitrogens with zero attached hydrogens (tertiary/aromatic N) is 2. The van der Waals surface area contributed by atoms with Gasteiger partial charge in [0.25, 0.3) is 0 Å². The molecule has 5 heteroatoms. The fraction of sp³-hybridized carbons (Fsp3) is 0.259. The molecule has 0 spiro atoms.